The van der Waals surface area contributed by atoms with Gasteiger partial charge in [0.15, 0.2) is 0 Å². The van der Waals surface area contributed by atoms with E-state index in [1.807, 2.05) is 48.5 Å². The normalized spacial score (nSPS) is 10.6. The second-order valence-electron chi connectivity index (χ2n) is 6.74. The quantitative estimate of drug-likeness (QED) is 0.260. The molecule has 2 heterocycles. The van der Waals surface area contributed by atoms with E-state index in [4.69, 9.17) is 9.52 Å². The molecule has 0 amide bonds. The molecule has 2 aromatic heterocycles. The first-order valence-electron chi connectivity index (χ1n) is 9.80. The fourth-order valence-corrected chi connectivity index (χ4v) is 3.84. The zero-order valence-electron chi connectivity index (χ0n) is 17.0. The molecule has 8 nitrogen and oxygen atoms in total. The van der Waals surface area contributed by atoms with Crippen LogP contribution in [0.15, 0.2) is 76.3 Å². The van der Waals surface area contributed by atoms with Crippen molar-refractivity contribution in [3.63, 3.8) is 0 Å². The third-order valence-electron chi connectivity index (χ3n) is 4.53. The third kappa shape index (κ3) is 5.97. The Balaban J connectivity index is 0.00000289. The number of nitrogens with zero attached hydrogens (tertiary/aromatic N) is 4. The maximum atomic E-state index is 11.1. The van der Waals surface area contributed by atoms with Crippen LogP contribution in [0.1, 0.15) is 22.5 Å². The molecule has 10 heteroatoms. The highest BCUT2D eigenvalue weighted by Crippen LogP contribution is 2.23. The second kappa shape index (κ2) is 11.5. The van der Waals surface area contributed by atoms with Gasteiger partial charge in [0.25, 0.3) is 0 Å². The number of benzene rings is 2. The fraction of sp³-hybridized carbons (Fsp3) is 0.182. The molecule has 0 fully saturated rings. The molecule has 166 valence electrons. The standard InChI is InChI=1S/C22H21N5O3S.ClH/c28-21(29)17-7-4-6-16(14-17)20-11-10-19(30-20)15-23-12-5-13-31-22-24-25-26-27(22)18-8-2-1-3-9-18;/h1-4,6-11,14,23H,5,12-13,15H2,(H,28,29);1H. The minimum absolute atomic E-state index is 0. The molecule has 0 unspecified atom stereocenters. The summed E-state index contributed by atoms with van der Waals surface area (Å²) in [6.45, 7) is 1.43. The van der Waals surface area contributed by atoms with Crippen LogP contribution in [-0.2, 0) is 6.54 Å². The number of nitrogens with one attached hydrogen (secondary N) is 1. The smallest absolute Gasteiger partial charge is 0.335 e. The summed E-state index contributed by atoms with van der Waals surface area (Å²) >= 11 is 1.62. The highest BCUT2D eigenvalue weighted by Gasteiger charge is 2.10. The number of aromatic carboxylic acids is 1. The molecule has 2 aromatic carbocycles. The van der Waals surface area contributed by atoms with Crippen molar-refractivity contribution in [1.82, 2.24) is 25.5 Å². The molecule has 0 atom stereocenters. The number of hydrogen-bond acceptors (Lipinski definition) is 7. The number of hydrogen-bond donors (Lipinski definition) is 2. The second-order valence-corrected chi connectivity index (χ2v) is 7.80. The topological polar surface area (TPSA) is 106 Å². The van der Waals surface area contributed by atoms with Gasteiger partial charge >= 0.3 is 5.97 Å². The van der Waals surface area contributed by atoms with E-state index in [1.165, 1.54) is 0 Å². The van der Waals surface area contributed by atoms with Crippen molar-refractivity contribution in [3.8, 4) is 17.0 Å². The summed E-state index contributed by atoms with van der Waals surface area (Å²) in [6, 6.07) is 20.3. The first kappa shape index (κ1) is 23.5. The van der Waals surface area contributed by atoms with Gasteiger partial charge in [0.1, 0.15) is 11.5 Å². The maximum Gasteiger partial charge on any atom is 0.335 e. The van der Waals surface area contributed by atoms with Crippen LogP contribution >= 0.6 is 24.2 Å². The lowest BCUT2D eigenvalue weighted by atomic mass is 10.1. The number of rotatable bonds is 10. The van der Waals surface area contributed by atoms with Crippen molar-refractivity contribution in [3.05, 3.63) is 78.1 Å². The van der Waals surface area contributed by atoms with Crippen molar-refractivity contribution in [1.29, 1.82) is 0 Å². The fourth-order valence-electron chi connectivity index (χ4n) is 3.01. The van der Waals surface area contributed by atoms with E-state index in [0.29, 0.717) is 12.3 Å². The lowest BCUT2D eigenvalue weighted by Gasteiger charge is -2.05. The van der Waals surface area contributed by atoms with Gasteiger partial charge in [-0.15, -0.1) is 17.5 Å². The number of aromatic nitrogens is 4. The number of para-hydroxylation sites is 1. The van der Waals surface area contributed by atoms with Gasteiger partial charge in [0.2, 0.25) is 5.16 Å². The molecule has 4 aromatic rings. The molecule has 0 bridgehead atoms. The minimum atomic E-state index is -0.953. The van der Waals surface area contributed by atoms with Crippen LogP contribution in [0.2, 0.25) is 0 Å². The van der Waals surface area contributed by atoms with Gasteiger partial charge in [-0.25, -0.2) is 4.79 Å². The van der Waals surface area contributed by atoms with Crippen molar-refractivity contribution in [2.24, 2.45) is 0 Å². The predicted octanol–water partition coefficient (Wildman–Crippen LogP) is 4.31. The van der Waals surface area contributed by atoms with Crippen LogP contribution in [0.5, 0.6) is 0 Å². The minimum Gasteiger partial charge on any atom is -0.478 e. The summed E-state index contributed by atoms with van der Waals surface area (Å²) in [6.07, 6.45) is 0.945. The lowest BCUT2D eigenvalue weighted by molar-refractivity contribution is 0.0697. The third-order valence-corrected chi connectivity index (χ3v) is 5.53. The summed E-state index contributed by atoms with van der Waals surface area (Å²) in [7, 11) is 0. The first-order chi connectivity index (χ1) is 15.2. The van der Waals surface area contributed by atoms with E-state index in [-0.39, 0.29) is 18.0 Å². The van der Waals surface area contributed by atoms with Gasteiger partial charge in [-0.3, -0.25) is 0 Å². The number of tetrazole rings is 1. The maximum absolute atomic E-state index is 11.1. The van der Waals surface area contributed by atoms with Crippen molar-refractivity contribution < 1.29 is 14.3 Å². The highest BCUT2D eigenvalue weighted by atomic mass is 35.5. The highest BCUT2D eigenvalue weighted by molar-refractivity contribution is 7.99. The number of carboxylic acids is 1. The van der Waals surface area contributed by atoms with Crippen molar-refractivity contribution in [2.75, 3.05) is 12.3 Å². The van der Waals surface area contributed by atoms with Crippen LogP contribution in [0.4, 0.5) is 0 Å². The molecule has 2 N–H and O–H groups in total. The lowest BCUT2D eigenvalue weighted by Crippen LogP contribution is -2.14. The van der Waals surface area contributed by atoms with Crippen LogP contribution < -0.4 is 5.32 Å². The molecule has 0 aliphatic rings. The number of thioether (sulfide) groups is 1. The molecular weight excluding hydrogens is 450 g/mol. The molecule has 0 spiro atoms. The Morgan fingerprint density at radius 1 is 1.09 bits per heavy atom. The van der Waals surface area contributed by atoms with Crippen LogP contribution in [0.3, 0.4) is 0 Å². The number of halogens is 1. The van der Waals surface area contributed by atoms with Gasteiger partial charge in [0.05, 0.1) is 17.8 Å². The van der Waals surface area contributed by atoms with E-state index in [1.54, 1.807) is 34.6 Å². The summed E-state index contributed by atoms with van der Waals surface area (Å²) in [5.74, 6) is 1.39. The Morgan fingerprint density at radius 3 is 2.75 bits per heavy atom. The van der Waals surface area contributed by atoms with E-state index in [9.17, 15) is 4.79 Å². The Kier molecular flexibility index (Phi) is 8.43. The van der Waals surface area contributed by atoms with Crippen molar-refractivity contribution in [2.45, 2.75) is 18.1 Å². The summed E-state index contributed by atoms with van der Waals surface area (Å²) in [4.78, 5) is 11.1. The van der Waals surface area contributed by atoms with E-state index in [0.717, 1.165) is 40.9 Å². The van der Waals surface area contributed by atoms with Crippen LogP contribution in [0.25, 0.3) is 17.0 Å². The zero-order chi connectivity index (χ0) is 21.5. The van der Waals surface area contributed by atoms with E-state index >= 15 is 0 Å². The Morgan fingerprint density at radius 2 is 1.94 bits per heavy atom. The molecule has 0 radical (unpaired) electrons. The monoisotopic (exact) mass is 471 g/mol. The Hall–Kier alpha value is -3.14. The average molecular weight is 472 g/mol. The Labute approximate surface area is 195 Å². The Bertz CT molecular complexity index is 1150. The zero-order valence-corrected chi connectivity index (χ0v) is 18.7. The van der Waals surface area contributed by atoms with Gasteiger partial charge in [-0.05, 0) is 59.8 Å². The average Bonchev–Trinajstić information content (AvgIpc) is 3.46. The summed E-state index contributed by atoms with van der Waals surface area (Å²) in [5, 5.41) is 25.2. The largest absolute Gasteiger partial charge is 0.478 e. The molecule has 0 saturated carbocycles. The van der Waals surface area contributed by atoms with Gasteiger partial charge in [-0.1, -0.05) is 42.1 Å². The molecule has 32 heavy (non-hydrogen) atoms. The first-order valence-corrected chi connectivity index (χ1v) is 10.8. The molecule has 0 saturated heterocycles. The van der Waals surface area contributed by atoms with E-state index in [2.05, 4.69) is 20.8 Å². The summed E-state index contributed by atoms with van der Waals surface area (Å²) < 4.78 is 7.58. The van der Waals surface area contributed by atoms with Gasteiger partial charge in [0, 0.05) is 11.3 Å². The van der Waals surface area contributed by atoms with Crippen LogP contribution in [-0.4, -0.2) is 43.6 Å². The van der Waals surface area contributed by atoms with Crippen molar-refractivity contribution >= 4 is 30.1 Å². The molecular formula is C22H22ClN5O3S. The molecule has 0 aliphatic carbocycles. The summed E-state index contributed by atoms with van der Waals surface area (Å²) in [5.41, 5.74) is 1.93. The van der Waals surface area contributed by atoms with Gasteiger partial charge < -0.3 is 14.8 Å². The number of carboxylic acid groups (broad SMARTS) is 1. The number of furan rings is 1. The molecule has 0 aliphatic heterocycles. The number of carbonyl (C=O) groups is 1. The van der Waals surface area contributed by atoms with E-state index < -0.39 is 5.97 Å². The van der Waals surface area contributed by atoms with Gasteiger partial charge in [-0.2, -0.15) is 4.68 Å². The molecule has 4 rings (SSSR count). The van der Waals surface area contributed by atoms with Crippen LogP contribution in [0, 0.1) is 0 Å². The SMILES string of the molecule is Cl.O=C(O)c1cccc(-c2ccc(CNCCCSc3nnnn3-c3ccccc3)o2)c1. The predicted molar refractivity (Wildman–Crippen MR) is 125 cm³/mol.